The number of hydrogen-bond donors (Lipinski definition) is 0. The van der Waals surface area contributed by atoms with Crippen LogP contribution in [0.25, 0.3) is 0 Å². The predicted octanol–water partition coefficient (Wildman–Crippen LogP) is 4.05. The summed E-state index contributed by atoms with van der Waals surface area (Å²) in [6.45, 7) is 2.58. The smallest absolute Gasteiger partial charge is 0.254 e. The maximum absolute atomic E-state index is 12.7. The Morgan fingerprint density at radius 3 is 2.09 bits per heavy atom. The Morgan fingerprint density at radius 2 is 1.61 bits per heavy atom. The molecule has 4 nitrogen and oxygen atoms in total. The fourth-order valence-corrected chi connectivity index (χ4v) is 2.81. The highest BCUT2D eigenvalue weighted by molar-refractivity contribution is 9.10. The van der Waals surface area contributed by atoms with Gasteiger partial charge in [-0.15, -0.1) is 0 Å². The van der Waals surface area contributed by atoms with Gasteiger partial charge in [0.05, 0.1) is 14.2 Å². The van der Waals surface area contributed by atoms with Crippen molar-refractivity contribution in [1.82, 2.24) is 4.90 Å². The summed E-state index contributed by atoms with van der Waals surface area (Å²) in [5.41, 5.74) is 2.81. The van der Waals surface area contributed by atoms with E-state index >= 15 is 0 Å². The quantitative estimate of drug-likeness (QED) is 0.788. The second-order valence-corrected chi connectivity index (χ2v) is 6.13. The van der Waals surface area contributed by atoms with Gasteiger partial charge in [0.15, 0.2) is 0 Å². The van der Waals surface area contributed by atoms with Gasteiger partial charge in [0.1, 0.15) is 16.0 Å². The number of halogens is 1. The van der Waals surface area contributed by atoms with Gasteiger partial charge in [-0.3, -0.25) is 4.79 Å². The van der Waals surface area contributed by atoms with Gasteiger partial charge in [-0.1, -0.05) is 29.8 Å². The fourth-order valence-electron chi connectivity index (χ4n) is 2.25. The number of rotatable bonds is 5. The van der Waals surface area contributed by atoms with Crippen LogP contribution in [0.3, 0.4) is 0 Å². The minimum Gasteiger partial charge on any atom is -0.495 e. The van der Waals surface area contributed by atoms with Crippen LogP contribution >= 0.6 is 15.9 Å². The zero-order valence-electron chi connectivity index (χ0n) is 13.7. The second kappa shape index (κ2) is 7.51. The molecule has 122 valence electrons. The number of aryl methyl sites for hydroxylation is 1. The molecular weight excluding hydrogens is 358 g/mol. The lowest BCUT2D eigenvalue weighted by atomic mass is 10.1. The predicted molar refractivity (Wildman–Crippen MR) is 94.2 cm³/mol. The van der Waals surface area contributed by atoms with Gasteiger partial charge in [-0.2, -0.15) is 0 Å². The Labute approximate surface area is 145 Å². The van der Waals surface area contributed by atoms with Crippen molar-refractivity contribution in [2.24, 2.45) is 0 Å². The van der Waals surface area contributed by atoms with Crippen LogP contribution in [0.2, 0.25) is 0 Å². The average molecular weight is 378 g/mol. The van der Waals surface area contributed by atoms with E-state index in [0.29, 0.717) is 28.1 Å². The number of amides is 1. The van der Waals surface area contributed by atoms with Crippen molar-refractivity contribution in [2.75, 3.05) is 21.3 Å². The molecule has 2 rings (SSSR count). The highest BCUT2D eigenvalue weighted by atomic mass is 79.9. The van der Waals surface area contributed by atoms with Crippen molar-refractivity contribution in [3.63, 3.8) is 0 Å². The van der Waals surface area contributed by atoms with E-state index in [1.165, 1.54) is 5.56 Å². The Kier molecular flexibility index (Phi) is 5.66. The molecule has 0 saturated heterocycles. The lowest BCUT2D eigenvalue weighted by Gasteiger charge is -2.19. The molecule has 0 fully saturated rings. The standard InChI is InChI=1S/C18H20BrNO3/c1-12-5-7-13(8-6-12)11-20(2)18(21)14-9-15(22-3)17(19)16(10-14)23-4/h5-10H,11H2,1-4H3. The molecule has 5 heteroatoms. The summed E-state index contributed by atoms with van der Waals surface area (Å²) in [4.78, 5) is 14.3. The van der Waals surface area contributed by atoms with Gasteiger partial charge in [0, 0.05) is 19.2 Å². The van der Waals surface area contributed by atoms with Crippen LogP contribution in [0.5, 0.6) is 11.5 Å². The molecule has 0 aliphatic heterocycles. The van der Waals surface area contributed by atoms with E-state index in [-0.39, 0.29) is 5.91 Å². The van der Waals surface area contributed by atoms with Crippen molar-refractivity contribution >= 4 is 21.8 Å². The summed E-state index contributed by atoms with van der Waals surface area (Å²) in [6.07, 6.45) is 0. The first-order valence-corrected chi connectivity index (χ1v) is 7.98. The molecule has 0 saturated carbocycles. The third kappa shape index (κ3) is 4.05. The summed E-state index contributed by atoms with van der Waals surface area (Å²) < 4.78 is 11.3. The number of carbonyl (C=O) groups is 1. The van der Waals surface area contributed by atoms with Gasteiger partial charge >= 0.3 is 0 Å². The molecule has 0 unspecified atom stereocenters. The van der Waals surface area contributed by atoms with Crippen LogP contribution in [-0.2, 0) is 6.54 Å². The minimum absolute atomic E-state index is 0.0883. The molecule has 0 N–H and O–H groups in total. The van der Waals surface area contributed by atoms with E-state index in [1.54, 1.807) is 38.3 Å². The molecule has 0 spiro atoms. The van der Waals surface area contributed by atoms with Crippen LogP contribution in [0.15, 0.2) is 40.9 Å². The van der Waals surface area contributed by atoms with Crippen molar-refractivity contribution in [1.29, 1.82) is 0 Å². The minimum atomic E-state index is -0.0883. The number of methoxy groups -OCH3 is 2. The molecule has 2 aromatic carbocycles. The first-order chi connectivity index (χ1) is 11.0. The third-order valence-electron chi connectivity index (χ3n) is 3.58. The molecule has 0 atom stereocenters. The summed E-state index contributed by atoms with van der Waals surface area (Å²) in [6, 6.07) is 11.6. The van der Waals surface area contributed by atoms with Crippen molar-refractivity contribution in [3.05, 3.63) is 57.6 Å². The van der Waals surface area contributed by atoms with E-state index in [9.17, 15) is 4.79 Å². The van der Waals surface area contributed by atoms with Crippen LogP contribution in [0, 0.1) is 6.92 Å². The fraction of sp³-hybridized carbons (Fsp3) is 0.278. The number of benzene rings is 2. The summed E-state index contributed by atoms with van der Waals surface area (Å²) in [5.74, 6) is 1.04. The zero-order chi connectivity index (χ0) is 17.0. The van der Waals surface area contributed by atoms with Gasteiger partial charge in [-0.05, 0) is 40.5 Å². The lowest BCUT2D eigenvalue weighted by Crippen LogP contribution is -2.26. The molecule has 0 aliphatic carbocycles. The highest BCUT2D eigenvalue weighted by Crippen LogP contribution is 2.35. The summed E-state index contributed by atoms with van der Waals surface area (Å²) >= 11 is 3.41. The maximum Gasteiger partial charge on any atom is 0.254 e. The largest absolute Gasteiger partial charge is 0.495 e. The zero-order valence-corrected chi connectivity index (χ0v) is 15.3. The van der Waals surface area contributed by atoms with Gasteiger partial charge in [0.2, 0.25) is 0 Å². The van der Waals surface area contributed by atoms with Crippen LogP contribution < -0.4 is 9.47 Å². The van der Waals surface area contributed by atoms with Gasteiger partial charge in [0.25, 0.3) is 5.91 Å². The summed E-state index contributed by atoms with van der Waals surface area (Å²) in [5, 5.41) is 0. The Morgan fingerprint density at radius 1 is 1.09 bits per heavy atom. The van der Waals surface area contributed by atoms with Gasteiger partial charge in [-0.25, -0.2) is 0 Å². The molecule has 1 amide bonds. The van der Waals surface area contributed by atoms with E-state index in [2.05, 4.69) is 15.9 Å². The van der Waals surface area contributed by atoms with Crippen LogP contribution in [-0.4, -0.2) is 32.1 Å². The van der Waals surface area contributed by atoms with Crippen molar-refractivity contribution in [3.8, 4) is 11.5 Å². The molecule has 2 aromatic rings. The highest BCUT2D eigenvalue weighted by Gasteiger charge is 2.17. The first-order valence-electron chi connectivity index (χ1n) is 7.18. The van der Waals surface area contributed by atoms with Crippen molar-refractivity contribution < 1.29 is 14.3 Å². The Balaban J connectivity index is 2.23. The van der Waals surface area contributed by atoms with Crippen molar-refractivity contribution in [2.45, 2.75) is 13.5 Å². The van der Waals surface area contributed by atoms with Crippen LogP contribution in [0.1, 0.15) is 21.5 Å². The topological polar surface area (TPSA) is 38.8 Å². The molecule has 0 heterocycles. The molecular formula is C18H20BrNO3. The molecule has 0 bridgehead atoms. The number of carbonyl (C=O) groups excluding carboxylic acids is 1. The molecule has 0 radical (unpaired) electrons. The Hall–Kier alpha value is -2.01. The average Bonchev–Trinajstić information content (AvgIpc) is 2.56. The molecule has 23 heavy (non-hydrogen) atoms. The van der Waals surface area contributed by atoms with Gasteiger partial charge < -0.3 is 14.4 Å². The summed E-state index contributed by atoms with van der Waals surface area (Å²) in [7, 11) is 4.90. The lowest BCUT2D eigenvalue weighted by molar-refractivity contribution is 0.0784. The SMILES string of the molecule is COc1cc(C(=O)N(C)Cc2ccc(C)cc2)cc(OC)c1Br. The van der Waals surface area contributed by atoms with E-state index in [1.807, 2.05) is 31.2 Å². The monoisotopic (exact) mass is 377 g/mol. The number of nitrogens with zero attached hydrogens (tertiary/aromatic N) is 1. The van der Waals surface area contributed by atoms with E-state index in [0.717, 1.165) is 5.56 Å². The van der Waals surface area contributed by atoms with E-state index in [4.69, 9.17) is 9.47 Å². The first kappa shape index (κ1) is 17.3. The normalized spacial score (nSPS) is 10.3. The van der Waals surface area contributed by atoms with E-state index < -0.39 is 0 Å². The Bertz CT molecular complexity index is 673. The number of ether oxygens (including phenoxy) is 2. The van der Waals surface area contributed by atoms with Crippen LogP contribution in [0.4, 0.5) is 0 Å². The second-order valence-electron chi connectivity index (χ2n) is 5.34. The molecule has 0 aromatic heterocycles. The molecule has 0 aliphatic rings. The third-order valence-corrected chi connectivity index (χ3v) is 4.36. The number of hydrogen-bond acceptors (Lipinski definition) is 3. The maximum atomic E-state index is 12.7.